The number of aliphatic hydroxyl groups excluding tert-OH is 1. The van der Waals surface area contributed by atoms with Gasteiger partial charge in [-0.2, -0.15) is 4.31 Å². The number of hydrogen-bond donors (Lipinski definition) is 1. The molecule has 0 unspecified atom stereocenters. The third-order valence-electron chi connectivity index (χ3n) is 3.91. The number of piperidine rings is 1. The molecule has 0 amide bonds. The van der Waals surface area contributed by atoms with Gasteiger partial charge in [-0.05, 0) is 45.7 Å². The Bertz CT molecular complexity index is 570. The number of nitrogens with zero attached hydrogens (tertiary/aromatic N) is 1. The van der Waals surface area contributed by atoms with Gasteiger partial charge in [0.25, 0.3) is 0 Å². The highest BCUT2D eigenvalue weighted by Gasteiger charge is 2.42. The molecule has 1 heterocycles. The summed E-state index contributed by atoms with van der Waals surface area (Å²) in [6, 6.07) is 6.24. The number of sulfonamides is 1. The van der Waals surface area contributed by atoms with E-state index < -0.39 is 28.4 Å². The van der Waals surface area contributed by atoms with Gasteiger partial charge < -0.3 is 9.84 Å². The first-order valence-electron chi connectivity index (χ1n) is 7.27. The third kappa shape index (κ3) is 3.29. The zero-order chi connectivity index (χ0) is 15.6. The number of hydrogen-bond acceptors (Lipinski definition) is 4. The molecule has 1 aromatic carbocycles. The molecule has 0 aromatic heterocycles. The maximum atomic E-state index is 12.9. The van der Waals surface area contributed by atoms with Crippen molar-refractivity contribution in [1.29, 1.82) is 0 Å². The monoisotopic (exact) mass is 313 g/mol. The second kappa shape index (κ2) is 6.44. The van der Waals surface area contributed by atoms with Crippen molar-refractivity contribution in [3.63, 3.8) is 0 Å². The number of aryl methyl sites for hydroxylation is 1. The summed E-state index contributed by atoms with van der Waals surface area (Å²) in [5.74, 6) is 0. The Labute approximate surface area is 126 Å². The van der Waals surface area contributed by atoms with E-state index in [0.717, 1.165) is 5.56 Å². The van der Waals surface area contributed by atoms with Crippen LogP contribution in [0.4, 0.5) is 0 Å². The molecule has 1 fully saturated rings. The maximum absolute atomic E-state index is 12.9. The second-order valence-corrected chi connectivity index (χ2v) is 7.29. The lowest BCUT2D eigenvalue weighted by Crippen LogP contribution is -2.55. The first kappa shape index (κ1) is 16.4. The summed E-state index contributed by atoms with van der Waals surface area (Å²) in [4.78, 5) is 0.235. The van der Waals surface area contributed by atoms with Crippen molar-refractivity contribution in [2.75, 3.05) is 6.61 Å². The average molecular weight is 313 g/mol. The van der Waals surface area contributed by atoms with Gasteiger partial charge in [-0.3, -0.25) is 0 Å². The Morgan fingerprint density at radius 3 is 2.48 bits per heavy atom. The lowest BCUT2D eigenvalue weighted by molar-refractivity contribution is -0.0867. The van der Waals surface area contributed by atoms with Crippen LogP contribution in [0.25, 0.3) is 0 Å². The van der Waals surface area contributed by atoms with Crippen molar-refractivity contribution >= 4 is 10.0 Å². The van der Waals surface area contributed by atoms with Crippen LogP contribution in [-0.4, -0.2) is 42.8 Å². The minimum absolute atomic E-state index is 0.235. The van der Waals surface area contributed by atoms with E-state index >= 15 is 0 Å². The number of ether oxygens (including phenoxy) is 1. The lowest BCUT2D eigenvalue weighted by Gasteiger charge is -2.41. The van der Waals surface area contributed by atoms with Crippen molar-refractivity contribution < 1.29 is 18.3 Å². The molecule has 2 rings (SSSR count). The van der Waals surface area contributed by atoms with Gasteiger partial charge in [0, 0.05) is 6.61 Å². The summed E-state index contributed by atoms with van der Waals surface area (Å²) in [5.41, 5.74) is 1.00. The molecule has 1 aliphatic rings. The van der Waals surface area contributed by atoms with Gasteiger partial charge in [0.15, 0.2) is 0 Å². The predicted octanol–water partition coefficient (Wildman–Crippen LogP) is 1.89. The fraction of sp³-hybridized carbons (Fsp3) is 0.600. The van der Waals surface area contributed by atoms with E-state index in [0.29, 0.717) is 19.4 Å². The number of aliphatic hydroxyl groups is 1. The molecule has 1 N–H and O–H groups in total. The molecule has 0 saturated carbocycles. The molecular formula is C15H23NO4S. The Balaban J connectivity index is 2.40. The van der Waals surface area contributed by atoms with E-state index in [9.17, 15) is 13.5 Å². The summed E-state index contributed by atoms with van der Waals surface area (Å²) in [6.45, 7) is 5.91. The SMILES string of the molecule is CCO[C@H]1CC[C@@H](O)[C@H](C)N1S(=O)(=O)c1ccc(C)cc1. The highest BCUT2D eigenvalue weighted by molar-refractivity contribution is 7.89. The van der Waals surface area contributed by atoms with E-state index in [1.807, 2.05) is 13.8 Å². The maximum Gasteiger partial charge on any atom is 0.245 e. The summed E-state index contributed by atoms with van der Waals surface area (Å²) >= 11 is 0. The minimum atomic E-state index is -3.68. The Morgan fingerprint density at radius 1 is 1.29 bits per heavy atom. The second-order valence-electron chi connectivity index (χ2n) is 5.44. The van der Waals surface area contributed by atoms with Crippen LogP contribution >= 0.6 is 0 Å². The van der Waals surface area contributed by atoms with Crippen LogP contribution in [0.15, 0.2) is 29.2 Å². The molecule has 3 atom stereocenters. The summed E-state index contributed by atoms with van der Waals surface area (Å²) in [6.07, 6.45) is -0.127. The first-order valence-corrected chi connectivity index (χ1v) is 8.71. The van der Waals surface area contributed by atoms with Crippen molar-refractivity contribution in [3.8, 4) is 0 Å². The van der Waals surface area contributed by atoms with Gasteiger partial charge in [-0.15, -0.1) is 0 Å². The Morgan fingerprint density at radius 2 is 1.90 bits per heavy atom. The summed E-state index contributed by atoms with van der Waals surface area (Å²) in [5, 5.41) is 10.0. The van der Waals surface area contributed by atoms with Gasteiger partial charge in [0.1, 0.15) is 6.23 Å². The molecule has 1 aromatic rings. The zero-order valence-corrected chi connectivity index (χ0v) is 13.5. The van der Waals surface area contributed by atoms with Crippen molar-refractivity contribution in [3.05, 3.63) is 29.8 Å². The largest absolute Gasteiger partial charge is 0.391 e. The Kier molecular flexibility index (Phi) is 5.03. The van der Waals surface area contributed by atoms with Crippen LogP contribution in [0.5, 0.6) is 0 Å². The van der Waals surface area contributed by atoms with Gasteiger partial charge in [-0.25, -0.2) is 8.42 Å². The third-order valence-corrected chi connectivity index (χ3v) is 5.90. The summed E-state index contributed by atoms with van der Waals surface area (Å²) < 4.78 is 32.6. The van der Waals surface area contributed by atoms with Gasteiger partial charge >= 0.3 is 0 Å². The molecule has 6 heteroatoms. The van der Waals surface area contributed by atoms with Gasteiger partial charge in [-0.1, -0.05) is 17.7 Å². The van der Waals surface area contributed by atoms with Crippen LogP contribution in [0.1, 0.15) is 32.3 Å². The zero-order valence-electron chi connectivity index (χ0n) is 12.7. The van der Waals surface area contributed by atoms with E-state index in [1.54, 1.807) is 31.2 Å². The van der Waals surface area contributed by atoms with Gasteiger partial charge in [0.05, 0.1) is 17.0 Å². The predicted molar refractivity (Wildman–Crippen MR) is 80.3 cm³/mol. The van der Waals surface area contributed by atoms with E-state index in [-0.39, 0.29) is 4.90 Å². The molecule has 0 bridgehead atoms. The van der Waals surface area contributed by atoms with Crippen LogP contribution in [0.3, 0.4) is 0 Å². The first-order chi connectivity index (χ1) is 9.87. The Hall–Kier alpha value is -0.950. The molecule has 0 radical (unpaired) electrons. The standard InChI is InChI=1S/C15H23NO4S/c1-4-20-15-10-9-14(17)12(3)16(15)21(18,19)13-7-5-11(2)6-8-13/h5-8,12,14-15,17H,4,9-10H2,1-3H3/t12-,14+,15-/m0/s1. The average Bonchev–Trinajstić information content (AvgIpc) is 2.43. The molecule has 0 spiro atoms. The van der Waals surface area contributed by atoms with E-state index in [4.69, 9.17) is 4.74 Å². The molecule has 5 nitrogen and oxygen atoms in total. The van der Waals surface area contributed by atoms with Crippen LogP contribution in [0.2, 0.25) is 0 Å². The lowest BCUT2D eigenvalue weighted by atomic mass is 10.0. The highest BCUT2D eigenvalue weighted by Crippen LogP contribution is 2.30. The van der Waals surface area contributed by atoms with Crippen LogP contribution in [-0.2, 0) is 14.8 Å². The van der Waals surface area contributed by atoms with E-state index in [1.165, 1.54) is 4.31 Å². The molecule has 118 valence electrons. The van der Waals surface area contributed by atoms with Crippen molar-refractivity contribution in [2.24, 2.45) is 0 Å². The number of rotatable bonds is 4. The smallest absolute Gasteiger partial charge is 0.245 e. The van der Waals surface area contributed by atoms with Gasteiger partial charge in [0.2, 0.25) is 10.0 Å². The minimum Gasteiger partial charge on any atom is -0.391 e. The normalized spacial score (nSPS) is 27.7. The quantitative estimate of drug-likeness (QED) is 0.922. The topological polar surface area (TPSA) is 66.8 Å². The fourth-order valence-corrected chi connectivity index (χ4v) is 4.45. The van der Waals surface area contributed by atoms with Crippen LogP contribution in [0, 0.1) is 6.92 Å². The number of benzene rings is 1. The molecular weight excluding hydrogens is 290 g/mol. The van der Waals surface area contributed by atoms with Crippen molar-refractivity contribution in [2.45, 2.75) is 56.9 Å². The molecule has 0 aliphatic carbocycles. The van der Waals surface area contributed by atoms with E-state index in [2.05, 4.69) is 0 Å². The summed E-state index contributed by atoms with van der Waals surface area (Å²) in [7, 11) is -3.68. The van der Waals surface area contributed by atoms with Crippen LogP contribution < -0.4 is 0 Å². The molecule has 1 saturated heterocycles. The van der Waals surface area contributed by atoms with Crippen molar-refractivity contribution in [1.82, 2.24) is 4.31 Å². The molecule has 1 aliphatic heterocycles. The molecule has 21 heavy (non-hydrogen) atoms. The highest BCUT2D eigenvalue weighted by atomic mass is 32.2. The fourth-order valence-electron chi connectivity index (χ4n) is 2.67.